The van der Waals surface area contributed by atoms with E-state index in [1.165, 1.54) is 6.20 Å². The number of amides is 1. The molecule has 0 bridgehead atoms. The lowest BCUT2D eigenvalue weighted by Crippen LogP contribution is -2.33. The van der Waals surface area contributed by atoms with Crippen molar-refractivity contribution in [1.82, 2.24) is 10.3 Å². The Kier molecular flexibility index (Phi) is 5.95. The van der Waals surface area contributed by atoms with Gasteiger partial charge < -0.3 is 15.0 Å². The van der Waals surface area contributed by atoms with Gasteiger partial charge in [0.25, 0.3) is 5.91 Å². The summed E-state index contributed by atoms with van der Waals surface area (Å²) in [6.45, 7) is 1.13. The second-order valence-corrected chi connectivity index (χ2v) is 7.93. The molecule has 1 atom stereocenters. The highest BCUT2D eigenvalue weighted by atomic mass is 32.2. The largest absolute Gasteiger partial charge is 0.385 e. The Morgan fingerprint density at radius 2 is 2.26 bits per heavy atom. The topological polar surface area (TPSA) is 88.6 Å². The normalized spacial score (nSPS) is 19.5. The van der Waals surface area contributed by atoms with Gasteiger partial charge in [0.15, 0.2) is 9.84 Å². The van der Waals surface area contributed by atoms with Gasteiger partial charge in [-0.15, -0.1) is 0 Å². The minimum atomic E-state index is -2.95. The van der Waals surface area contributed by atoms with E-state index >= 15 is 0 Å². The molecular formula is C15H23N3O4S. The first-order chi connectivity index (χ1) is 10.9. The van der Waals surface area contributed by atoms with E-state index in [4.69, 9.17) is 4.74 Å². The molecule has 1 aliphatic heterocycles. The number of nitrogens with one attached hydrogen (secondary N) is 1. The van der Waals surface area contributed by atoms with Crippen molar-refractivity contribution in [3.8, 4) is 0 Å². The van der Waals surface area contributed by atoms with E-state index in [1.807, 2.05) is 11.9 Å². The van der Waals surface area contributed by atoms with Crippen molar-refractivity contribution < 1.29 is 17.9 Å². The third-order valence-electron chi connectivity index (χ3n) is 3.96. The quantitative estimate of drug-likeness (QED) is 0.725. The summed E-state index contributed by atoms with van der Waals surface area (Å²) in [5.41, 5.74) is 1.21. The molecule has 128 valence electrons. The molecule has 2 heterocycles. The van der Waals surface area contributed by atoms with E-state index in [9.17, 15) is 13.2 Å². The van der Waals surface area contributed by atoms with Crippen LogP contribution in [0.25, 0.3) is 0 Å². The third-order valence-corrected chi connectivity index (χ3v) is 5.71. The Morgan fingerprint density at radius 1 is 1.48 bits per heavy atom. The zero-order chi connectivity index (χ0) is 16.9. The standard InChI is InChI=1S/C15H23N3O4S/c1-18(13-4-7-23(20,21)11-13)14-8-12(9-16-10-14)15(19)17-5-3-6-22-2/h8-10,13H,3-7,11H2,1-2H3,(H,17,19). The Balaban J connectivity index is 2.00. The second kappa shape index (κ2) is 7.74. The second-order valence-electron chi connectivity index (χ2n) is 5.70. The van der Waals surface area contributed by atoms with Gasteiger partial charge in [-0.25, -0.2) is 8.42 Å². The summed E-state index contributed by atoms with van der Waals surface area (Å²) in [6.07, 6.45) is 4.50. The first-order valence-electron chi connectivity index (χ1n) is 7.58. The van der Waals surface area contributed by atoms with E-state index < -0.39 is 9.84 Å². The van der Waals surface area contributed by atoms with Crippen molar-refractivity contribution in [1.29, 1.82) is 0 Å². The molecule has 1 aliphatic rings. The molecule has 1 unspecified atom stereocenters. The maximum absolute atomic E-state index is 12.1. The van der Waals surface area contributed by atoms with Crippen LogP contribution in [-0.2, 0) is 14.6 Å². The molecule has 1 amide bonds. The van der Waals surface area contributed by atoms with Crippen LogP contribution in [0.15, 0.2) is 18.5 Å². The molecule has 0 saturated carbocycles. The van der Waals surface area contributed by atoms with E-state index in [0.717, 1.165) is 12.1 Å². The number of ether oxygens (including phenoxy) is 1. The first kappa shape index (κ1) is 17.7. The fourth-order valence-electron chi connectivity index (χ4n) is 2.56. The van der Waals surface area contributed by atoms with Crippen LogP contribution in [-0.4, -0.2) is 64.2 Å². The fourth-order valence-corrected chi connectivity index (χ4v) is 4.33. The lowest BCUT2D eigenvalue weighted by Gasteiger charge is -2.25. The van der Waals surface area contributed by atoms with E-state index in [2.05, 4.69) is 10.3 Å². The van der Waals surface area contributed by atoms with E-state index in [1.54, 1.807) is 19.4 Å². The number of carbonyl (C=O) groups excluding carboxylic acids is 1. The average Bonchev–Trinajstić information content (AvgIpc) is 2.91. The predicted octanol–water partition coefficient (Wildman–Crippen LogP) is 0.471. The maximum Gasteiger partial charge on any atom is 0.252 e. The Bertz CT molecular complexity index is 648. The molecule has 0 aromatic carbocycles. The van der Waals surface area contributed by atoms with Crippen molar-refractivity contribution in [2.24, 2.45) is 0 Å². The van der Waals surface area contributed by atoms with E-state index in [0.29, 0.717) is 25.1 Å². The Labute approximate surface area is 137 Å². The van der Waals surface area contributed by atoms with Crippen molar-refractivity contribution in [3.05, 3.63) is 24.0 Å². The minimum Gasteiger partial charge on any atom is -0.385 e. The van der Waals surface area contributed by atoms with Crippen molar-refractivity contribution in [3.63, 3.8) is 0 Å². The summed E-state index contributed by atoms with van der Waals surface area (Å²) in [5.74, 6) is 0.175. The summed E-state index contributed by atoms with van der Waals surface area (Å²) in [7, 11) is 0.510. The molecular weight excluding hydrogens is 318 g/mol. The van der Waals surface area contributed by atoms with Crippen LogP contribution in [0.2, 0.25) is 0 Å². The number of pyridine rings is 1. The third kappa shape index (κ3) is 4.90. The highest BCUT2D eigenvalue weighted by molar-refractivity contribution is 7.91. The Morgan fingerprint density at radius 3 is 2.91 bits per heavy atom. The zero-order valence-corrected chi connectivity index (χ0v) is 14.3. The van der Waals surface area contributed by atoms with Gasteiger partial charge in [0.05, 0.1) is 29.0 Å². The number of anilines is 1. The highest BCUT2D eigenvalue weighted by Crippen LogP contribution is 2.22. The lowest BCUT2D eigenvalue weighted by atomic mass is 10.2. The predicted molar refractivity (Wildman–Crippen MR) is 88.5 cm³/mol. The number of carbonyl (C=O) groups is 1. The van der Waals surface area contributed by atoms with Gasteiger partial charge in [0.1, 0.15) is 0 Å². The molecule has 7 nitrogen and oxygen atoms in total. The molecule has 1 aromatic rings. The number of methoxy groups -OCH3 is 1. The summed E-state index contributed by atoms with van der Waals surface area (Å²) < 4.78 is 28.1. The van der Waals surface area contributed by atoms with Gasteiger partial charge in [-0.1, -0.05) is 0 Å². The van der Waals surface area contributed by atoms with Crippen LogP contribution in [0.3, 0.4) is 0 Å². The number of aromatic nitrogens is 1. The van der Waals surface area contributed by atoms with Gasteiger partial charge in [0.2, 0.25) is 0 Å². The van der Waals surface area contributed by atoms with Gasteiger partial charge >= 0.3 is 0 Å². The molecule has 23 heavy (non-hydrogen) atoms. The van der Waals surface area contributed by atoms with Gasteiger partial charge in [-0.3, -0.25) is 9.78 Å². The summed E-state index contributed by atoms with van der Waals surface area (Å²) in [5, 5.41) is 2.81. The SMILES string of the molecule is COCCCNC(=O)c1cncc(N(C)C2CCS(=O)(=O)C2)c1. The number of hydrogen-bond acceptors (Lipinski definition) is 6. The minimum absolute atomic E-state index is 0.0678. The number of rotatable bonds is 7. The molecule has 2 rings (SSSR count). The van der Waals surface area contributed by atoms with Gasteiger partial charge in [-0.2, -0.15) is 0 Å². The molecule has 0 radical (unpaired) electrons. The molecule has 1 saturated heterocycles. The van der Waals surface area contributed by atoms with E-state index in [-0.39, 0.29) is 23.5 Å². The van der Waals surface area contributed by atoms with Gasteiger partial charge in [-0.05, 0) is 18.9 Å². The highest BCUT2D eigenvalue weighted by Gasteiger charge is 2.31. The fraction of sp³-hybridized carbons (Fsp3) is 0.600. The van der Waals surface area contributed by atoms with Gasteiger partial charge in [0, 0.05) is 39.5 Å². The van der Waals surface area contributed by atoms with Crippen LogP contribution < -0.4 is 10.2 Å². The summed E-state index contributed by atoms with van der Waals surface area (Å²) >= 11 is 0. The van der Waals surface area contributed by atoms with Crippen molar-refractivity contribution >= 4 is 21.4 Å². The zero-order valence-electron chi connectivity index (χ0n) is 13.5. The monoisotopic (exact) mass is 341 g/mol. The smallest absolute Gasteiger partial charge is 0.252 e. The molecule has 1 N–H and O–H groups in total. The molecule has 0 spiro atoms. The first-order valence-corrected chi connectivity index (χ1v) is 9.40. The molecule has 1 aromatic heterocycles. The van der Waals surface area contributed by atoms with Crippen LogP contribution >= 0.6 is 0 Å². The molecule has 0 aliphatic carbocycles. The summed E-state index contributed by atoms with van der Waals surface area (Å²) in [4.78, 5) is 18.1. The van der Waals surface area contributed by atoms with Crippen molar-refractivity contribution in [2.75, 3.05) is 43.7 Å². The summed E-state index contributed by atoms with van der Waals surface area (Å²) in [6, 6.07) is 1.67. The number of hydrogen-bond donors (Lipinski definition) is 1. The number of sulfone groups is 1. The molecule has 1 fully saturated rings. The van der Waals surface area contributed by atoms with Crippen LogP contribution in [0.1, 0.15) is 23.2 Å². The average molecular weight is 341 g/mol. The van der Waals surface area contributed by atoms with Crippen molar-refractivity contribution in [2.45, 2.75) is 18.9 Å². The molecule has 8 heteroatoms. The van der Waals surface area contributed by atoms with Crippen LogP contribution in [0, 0.1) is 0 Å². The van der Waals surface area contributed by atoms with Crippen LogP contribution in [0.4, 0.5) is 5.69 Å². The van der Waals surface area contributed by atoms with Crippen LogP contribution in [0.5, 0.6) is 0 Å². The maximum atomic E-state index is 12.1. The number of nitrogens with zero attached hydrogens (tertiary/aromatic N) is 2. The Hall–Kier alpha value is -1.67. The lowest BCUT2D eigenvalue weighted by molar-refractivity contribution is 0.0948.